The second-order valence-corrected chi connectivity index (χ2v) is 9.01. The molecule has 0 aliphatic carbocycles. The number of aryl methyl sites for hydroxylation is 1. The Morgan fingerprint density at radius 2 is 1.57 bits per heavy atom. The summed E-state index contributed by atoms with van der Waals surface area (Å²) in [6.45, 7) is 11.4. The van der Waals surface area contributed by atoms with Gasteiger partial charge in [0.25, 0.3) is 0 Å². The number of nitrogens with one attached hydrogen (secondary N) is 1. The number of amides is 1. The van der Waals surface area contributed by atoms with Crippen molar-refractivity contribution in [2.24, 2.45) is 5.92 Å². The van der Waals surface area contributed by atoms with E-state index in [2.05, 4.69) is 61.3 Å². The largest absolute Gasteiger partial charge is 0.345 e. The van der Waals surface area contributed by atoms with Crippen molar-refractivity contribution in [1.82, 2.24) is 9.80 Å². The fourth-order valence-electron chi connectivity index (χ4n) is 3.87. The number of hydrogen-bond donors (Lipinski definition) is 1. The number of hydrogen-bond acceptors (Lipinski definition) is 2. The van der Waals surface area contributed by atoms with Crippen molar-refractivity contribution >= 4 is 28.9 Å². The number of nitrogens with zero attached hydrogens (tertiary/aromatic N) is 2. The molecule has 2 aromatic rings. The molecule has 0 spiro atoms. The van der Waals surface area contributed by atoms with E-state index >= 15 is 0 Å². The number of para-hydroxylation sites is 1. The fourth-order valence-corrected chi connectivity index (χ4v) is 4.16. The summed E-state index contributed by atoms with van der Waals surface area (Å²) < 4.78 is 0. The van der Waals surface area contributed by atoms with E-state index in [0.717, 1.165) is 35.9 Å². The van der Waals surface area contributed by atoms with Crippen molar-refractivity contribution in [3.8, 4) is 0 Å². The summed E-state index contributed by atoms with van der Waals surface area (Å²) in [7, 11) is 0. The van der Waals surface area contributed by atoms with Gasteiger partial charge < -0.3 is 15.1 Å². The molecular weight excluding hydrogens is 390 g/mol. The fraction of sp³-hybridized carbons (Fsp3) is 0.440. The number of anilines is 1. The van der Waals surface area contributed by atoms with E-state index in [-0.39, 0.29) is 11.8 Å². The second kappa shape index (κ2) is 10.1. The van der Waals surface area contributed by atoms with Gasteiger partial charge in [-0.2, -0.15) is 0 Å². The van der Waals surface area contributed by atoms with Gasteiger partial charge in [0.15, 0.2) is 5.11 Å². The normalized spacial score (nSPS) is 15.2. The van der Waals surface area contributed by atoms with Crippen molar-refractivity contribution in [2.75, 3.05) is 31.5 Å². The molecule has 1 atom stereocenters. The van der Waals surface area contributed by atoms with Gasteiger partial charge in [-0.15, -0.1) is 0 Å². The molecule has 1 amide bonds. The second-order valence-electron chi connectivity index (χ2n) is 8.62. The van der Waals surface area contributed by atoms with Crippen molar-refractivity contribution in [2.45, 2.75) is 40.0 Å². The lowest BCUT2D eigenvalue weighted by atomic mass is 9.95. The van der Waals surface area contributed by atoms with E-state index in [4.69, 9.17) is 12.2 Å². The summed E-state index contributed by atoms with van der Waals surface area (Å²) in [6, 6.07) is 16.7. The van der Waals surface area contributed by atoms with Crippen molar-refractivity contribution < 1.29 is 4.79 Å². The molecule has 3 rings (SSSR count). The van der Waals surface area contributed by atoms with Gasteiger partial charge in [0.1, 0.15) is 0 Å². The van der Waals surface area contributed by atoms with Gasteiger partial charge in [-0.25, -0.2) is 0 Å². The summed E-state index contributed by atoms with van der Waals surface area (Å²) in [4.78, 5) is 17.2. The molecule has 160 valence electrons. The third kappa shape index (κ3) is 5.60. The van der Waals surface area contributed by atoms with Crippen molar-refractivity contribution in [3.05, 3.63) is 65.2 Å². The molecule has 5 heteroatoms. The summed E-state index contributed by atoms with van der Waals surface area (Å²) in [5, 5.41) is 4.07. The van der Waals surface area contributed by atoms with Gasteiger partial charge in [-0.1, -0.05) is 56.3 Å². The lowest BCUT2D eigenvalue weighted by Gasteiger charge is -2.37. The minimum Gasteiger partial charge on any atom is -0.345 e. The molecule has 0 saturated carbocycles. The smallest absolute Gasteiger partial charge is 0.229 e. The van der Waals surface area contributed by atoms with E-state index in [1.54, 1.807) is 0 Å². The molecule has 1 heterocycles. The topological polar surface area (TPSA) is 35.6 Å². The highest BCUT2D eigenvalue weighted by atomic mass is 32.1. The summed E-state index contributed by atoms with van der Waals surface area (Å²) in [5.74, 6) is 0.711. The molecule has 1 unspecified atom stereocenters. The van der Waals surface area contributed by atoms with Crippen LogP contribution in [0.2, 0.25) is 0 Å². The monoisotopic (exact) mass is 423 g/mol. The van der Waals surface area contributed by atoms with Gasteiger partial charge in [-0.05, 0) is 61.2 Å². The van der Waals surface area contributed by atoms with Crippen LogP contribution in [-0.2, 0) is 11.2 Å². The molecule has 0 bridgehead atoms. The average molecular weight is 424 g/mol. The summed E-state index contributed by atoms with van der Waals surface area (Å²) in [6.07, 6.45) is 1.07. The molecule has 1 aliphatic heterocycles. The van der Waals surface area contributed by atoms with E-state index in [1.807, 2.05) is 30.0 Å². The van der Waals surface area contributed by atoms with Gasteiger partial charge in [0, 0.05) is 31.9 Å². The first-order valence-corrected chi connectivity index (χ1v) is 11.2. The van der Waals surface area contributed by atoms with Gasteiger partial charge in [-0.3, -0.25) is 4.79 Å². The van der Waals surface area contributed by atoms with Gasteiger partial charge >= 0.3 is 0 Å². The molecule has 1 saturated heterocycles. The highest BCUT2D eigenvalue weighted by Gasteiger charge is 2.26. The molecule has 1 N–H and O–H groups in total. The van der Waals surface area contributed by atoms with Crippen LogP contribution in [-0.4, -0.2) is 47.0 Å². The van der Waals surface area contributed by atoms with Crippen LogP contribution in [0, 0.1) is 12.8 Å². The third-order valence-electron chi connectivity index (χ3n) is 5.76. The Morgan fingerprint density at radius 3 is 2.17 bits per heavy atom. The number of carbonyl (C=O) groups is 1. The molecule has 0 aromatic heterocycles. The zero-order valence-electron chi connectivity index (χ0n) is 18.5. The quantitative estimate of drug-likeness (QED) is 0.698. The minimum absolute atomic E-state index is 0.123. The van der Waals surface area contributed by atoms with E-state index < -0.39 is 0 Å². The Balaban J connectivity index is 1.53. The minimum atomic E-state index is -0.123. The Labute approximate surface area is 186 Å². The van der Waals surface area contributed by atoms with Crippen LogP contribution in [0.1, 0.15) is 43.4 Å². The number of carbonyl (C=O) groups excluding carboxylic acids is 1. The Morgan fingerprint density at radius 1 is 0.967 bits per heavy atom. The SMILES string of the molecule is Cc1ccccc1NC(=S)N1CCN(C(=O)C(C)c2ccc(CC(C)C)cc2)CC1. The first-order chi connectivity index (χ1) is 14.3. The van der Waals surface area contributed by atoms with Crippen molar-refractivity contribution in [1.29, 1.82) is 0 Å². The zero-order valence-corrected chi connectivity index (χ0v) is 19.3. The van der Waals surface area contributed by atoms with Crippen molar-refractivity contribution in [3.63, 3.8) is 0 Å². The highest BCUT2D eigenvalue weighted by molar-refractivity contribution is 7.80. The van der Waals surface area contributed by atoms with E-state index in [1.165, 1.54) is 11.1 Å². The van der Waals surface area contributed by atoms with Gasteiger partial charge in [0.2, 0.25) is 5.91 Å². The van der Waals surface area contributed by atoms with E-state index in [0.29, 0.717) is 19.0 Å². The summed E-state index contributed by atoms with van der Waals surface area (Å²) in [5.41, 5.74) is 4.63. The molecule has 1 aliphatic rings. The Bertz CT molecular complexity index is 870. The lowest BCUT2D eigenvalue weighted by molar-refractivity contribution is -0.133. The Kier molecular flexibility index (Phi) is 7.48. The third-order valence-corrected chi connectivity index (χ3v) is 6.12. The molecule has 30 heavy (non-hydrogen) atoms. The number of thiocarbonyl (C=S) groups is 1. The van der Waals surface area contributed by atoms with Crippen LogP contribution in [0.4, 0.5) is 5.69 Å². The van der Waals surface area contributed by atoms with Crippen LogP contribution >= 0.6 is 12.2 Å². The lowest BCUT2D eigenvalue weighted by Crippen LogP contribution is -2.52. The predicted molar refractivity (Wildman–Crippen MR) is 129 cm³/mol. The van der Waals surface area contributed by atoms with Crippen LogP contribution in [0.3, 0.4) is 0 Å². The summed E-state index contributed by atoms with van der Waals surface area (Å²) >= 11 is 5.60. The first-order valence-electron chi connectivity index (χ1n) is 10.8. The Hall–Kier alpha value is -2.40. The molecule has 2 aromatic carbocycles. The number of benzene rings is 2. The first kappa shape index (κ1) is 22.3. The van der Waals surface area contributed by atoms with Crippen LogP contribution in [0.5, 0.6) is 0 Å². The predicted octanol–water partition coefficient (Wildman–Crippen LogP) is 4.84. The van der Waals surface area contributed by atoms with Crippen LogP contribution in [0.25, 0.3) is 0 Å². The maximum atomic E-state index is 13.0. The average Bonchev–Trinajstić information content (AvgIpc) is 2.74. The van der Waals surface area contributed by atoms with E-state index in [9.17, 15) is 4.79 Å². The standard InChI is InChI=1S/C25H33N3OS/c1-18(2)17-21-9-11-22(12-10-21)20(4)24(29)27-13-15-28(16-14-27)25(30)26-23-8-6-5-7-19(23)3/h5-12,18,20H,13-17H2,1-4H3,(H,26,30). The van der Waals surface area contributed by atoms with Crippen LogP contribution in [0.15, 0.2) is 48.5 Å². The molecular formula is C25H33N3OS. The number of piperazine rings is 1. The van der Waals surface area contributed by atoms with Gasteiger partial charge in [0.05, 0.1) is 5.92 Å². The molecule has 1 fully saturated rings. The molecule has 4 nitrogen and oxygen atoms in total. The molecule has 0 radical (unpaired) electrons. The highest BCUT2D eigenvalue weighted by Crippen LogP contribution is 2.21. The maximum absolute atomic E-state index is 13.0. The maximum Gasteiger partial charge on any atom is 0.229 e. The number of rotatable bonds is 5. The zero-order chi connectivity index (χ0) is 21.7. The van der Waals surface area contributed by atoms with Crippen LogP contribution < -0.4 is 5.32 Å².